The molecule has 0 aliphatic heterocycles. The van der Waals surface area contributed by atoms with Crippen LogP contribution in [0.1, 0.15) is 38.6 Å². The largest absolute Gasteiger partial charge is 0.370 e. The van der Waals surface area contributed by atoms with E-state index in [1.165, 1.54) is 11.5 Å². The molecule has 0 amide bonds. The first-order valence-corrected chi connectivity index (χ1v) is 6.23. The Balaban J connectivity index is 2.63. The normalized spacial score (nSPS) is 13.2. The zero-order chi connectivity index (χ0) is 9.68. The first-order valence-electron chi connectivity index (χ1n) is 4.38. The van der Waals surface area contributed by atoms with Crippen molar-refractivity contribution < 1.29 is 4.74 Å². The molecule has 1 aromatic heterocycles. The fraction of sp³-hybridized carbons (Fsp3) is 0.750. The molecule has 0 spiro atoms. The molecule has 1 aromatic rings. The van der Waals surface area contributed by atoms with E-state index < -0.39 is 0 Å². The maximum atomic E-state index is 5.56. The van der Waals surface area contributed by atoms with Gasteiger partial charge in [0.1, 0.15) is 6.10 Å². The Morgan fingerprint density at radius 1 is 1.54 bits per heavy atom. The van der Waals surface area contributed by atoms with Crippen LogP contribution < -0.4 is 0 Å². The van der Waals surface area contributed by atoms with Crippen molar-refractivity contribution in [3.05, 3.63) is 8.84 Å². The first kappa shape index (κ1) is 11.3. The highest BCUT2D eigenvalue weighted by Gasteiger charge is 2.15. The summed E-state index contributed by atoms with van der Waals surface area (Å²) in [6.45, 7) is 4.86. The van der Waals surface area contributed by atoms with Gasteiger partial charge >= 0.3 is 0 Å². The van der Waals surface area contributed by atoms with Crippen LogP contribution in [-0.4, -0.2) is 16.0 Å². The van der Waals surface area contributed by atoms with Crippen LogP contribution in [0.15, 0.2) is 0 Å². The van der Waals surface area contributed by atoms with Crippen molar-refractivity contribution in [2.45, 2.75) is 32.8 Å². The quantitative estimate of drug-likeness (QED) is 0.784. The van der Waals surface area contributed by atoms with Crippen molar-refractivity contribution in [2.24, 2.45) is 0 Å². The Bertz CT molecular complexity index is 248. The van der Waals surface area contributed by atoms with Crippen LogP contribution in [0.4, 0.5) is 0 Å². The molecule has 5 heteroatoms. The van der Waals surface area contributed by atoms with E-state index >= 15 is 0 Å². The summed E-state index contributed by atoms with van der Waals surface area (Å²) in [6.07, 6.45) is 2.19. The van der Waals surface area contributed by atoms with Crippen molar-refractivity contribution >= 4 is 34.1 Å². The second-order valence-corrected chi connectivity index (χ2v) is 5.14. The summed E-state index contributed by atoms with van der Waals surface area (Å²) in [6, 6.07) is 0. The van der Waals surface area contributed by atoms with Gasteiger partial charge in [0.2, 0.25) is 0 Å². The van der Waals surface area contributed by atoms with Gasteiger partial charge in [-0.25, -0.2) is 4.98 Å². The Morgan fingerprint density at radius 3 is 2.77 bits per heavy atom. The summed E-state index contributed by atoms with van der Waals surface area (Å²) in [5.41, 5.74) is 0. The van der Waals surface area contributed by atoms with Crippen molar-refractivity contribution in [1.82, 2.24) is 9.36 Å². The van der Waals surface area contributed by atoms with Gasteiger partial charge in [0.05, 0.1) is 0 Å². The lowest BCUT2D eigenvalue weighted by Crippen LogP contribution is -2.05. The number of aromatic nitrogens is 2. The fourth-order valence-corrected chi connectivity index (χ4v) is 2.10. The number of rotatable bonds is 5. The van der Waals surface area contributed by atoms with Crippen molar-refractivity contribution in [3.63, 3.8) is 0 Å². The van der Waals surface area contributed by atoms with E-state index in [1.807, 2.05) is 6.92 Å². The number of hydrogen-bond acceptors (Lipinski definition) is 4. The minimum atomic E-state index is 0.0924. The molecule has 0 radical (unpaired) electrons. The summed E-state index contributed by atoms with van der Waals surface area (Å²) < 4.78 is 10.8. The summed E-state index contributed by atoms with van der Waals surface area (Å²) in [4.78, 5) is 4.32. The van der Waals surface area contributed by atoms with E-state index in [-0.39, 0.29) is 6.10 Å². The van der Waals surface area contributed by atoms with E-state index in [9.17, 15) is 0 Å². The highest BCUT2D eigenvalue weighted by atomic mass is 127. The zero-order valence-electron chi connectivity index (χ0n) is 7.79. The first-order chi connectivity index (χ1) is 6.27. The molecule has 0 bridgehead atoms. The molecule has 74 valence electrons. The second-order valence-electron chi connectivity index (χ2n) is 2.64. The number of nitrogens with zero attached hydrogens (tertiary/aromatic N) is 2. The highest BCUT2D eigenvalue weighted by molar-refractivity contribution is 14.1. The van der Waals surface area contributed by atoms with Crippen molar-refractivity contribution in [3.8, 4) is 0 Å². The standard InChI is InChI=1S/C8H13IN2OS/c1-3-5-6(12-4-2)7-10-8(9)13-11-7/h6H,3-5H2,1-2H3. The van der Waals surface area contributed by atoms with Crippen LogP contribution in [0.3, 0.4) is 0 Å². The Hall–Kier alpha value is 0.250. The predicted molar refractivity (Wildman–Crippen MR) is 61.9 cm³/mol. The third-order valence-electron chi connectivity index (χ3n) is 1.62. The van der Waals surface area contributed by atoms with E-state index in [1.54, 1.807) is 0 Å². The van der Waals surface area contributed by atoms with Crippen molar-refractivity contribution in [1.29, 1.82) is 0 Å². The van der Waals surface area contributed by atoms with Gasteiger partial charge in [0.15, 0.2) is 8.84 Å². The number of ether oxygens (including phenoxy) is 1. The third kappa shape index (κ3) is 3.47. The lowest BCUT2D eigenvalue weighted by molar-refractivity contribution is 0.0501. The molecule has 0 fully saturated rings. The molecule has 13 heavy (non-hydrogen) atoms. The maximum absolute atomic E-state index is 5.56. The molecular weight excluding hydrogens is 299 g/mol. The van der Waals surface area contributed by atoms with Gasteiger partial charge in [-0.15, -0.1) is 0 Å². The van der Waals surface area contributed by atoms with Crippen LogP contribution in [-0.2, 0) is 4.74 Å². The molecule has 0 saturated heterocycles. The molecule has 1 heterocycles. The zero-order valence-corrected chi connectivity index (χ0v) is 10.8. The molecule has 0 aliphatic rings. The van der Waals surface area contributed by atoms with Gasteiger partial charge in [-0.2, -0.15) is 4.37 Å². The third-order valence-corrected chi connectivity index (χ3v) is 2.98. The monoisotopic (exact) mass is 312 g/mol. The number of hydrogen-bond donors (Lipinski definition) is 0. The second kappa shape index (κ2) is 5.87. The smallest absolute Gasteiger partial charge is 0.174 e. The average Bonchev–Trinajstić information content (AvgIpc) is 2.51. The lowest BCUT2D eigenvalue weighted by Gasteiger charge is -2.11. The molecule has 0 aliphatic carbocycles. The lowest BCUT2D eigenvalue weighted by atomic mass is 10.2. The van der Waals surface area contributed by atoms with E-state index in [0.717, 1.165) is 28.3 Å². The van der Waals surface area contributed by atoms with Crippen LogP contribution in [0.2, 0.25) is 0 Å². The van der Waals surface area contributed by atoms with Crippen LogP contribution in [0.25, 0.3) is 0 Å². The summed E-state index contributed by atoms with van der Waals surface area (Å²) in [5, 5.41) is 0. The topological polar surface area (TPSA) is 35.0 Å². The fourth-order valence-electron chi connectivity index (χ4n) is 1.10. The molecule has 0 aromatic carbocycles. The van der Waals surface area contributed by atoms with E-state index in [0.29, 0.717) is 0 Å². The van der Waals surface area contributed by atoms with Crippen LogP contribution in [0.5, 0.6) is 0 Å². The van der Waals surface area contributed by atoms with Crippen LogP contribution in [0, 0.1) is 3.01 Å². The van der Waals surface area contributed by atoms with Crippen LogP contribution >= 0.6 is 34.1 Å². The average molecular weight is 312 g/mol. The van der Waals surface area contributed by atoms with Gasteiger partial charge in [-0.05, 0) is 47.5 Å². The predicted octanol–water partition coefficient (Wildman–Crippen LogP) is 3.02. The molecule has 0 N–H and O–H groups in total. The summed E-state index contributed by atoms with van der Waals surface area (Å²) >= 11 is 3.61. The van der Waals surface area contributed by atoms with Gasteiger partial charge in [0.25, 0.3) is 0 Å². The molecule has 0 saturated carbocycles. The number of halogens is 1. The van der Waals surface area contributed by atoms with Gasteiger partial charge in [-0.3, -0.25) is 0 Å². The highest BCUT2D eigenvalue weighted by Crippen LogP contribution is 2.21. The van der Waals surface area contributed by atoms with Crippen molar-refractivity contribution in [2.75, 3.05) is 6.61 Å². The van der Waals surface area contributed by atoms with E-state index in [2.05, 4.69) is 38.9 Å². The Morgan fingerprint density at radius 2 is 2.31 bits per heavy atom. The van der Waals surface area contributed by atoms with Gasteiger partial charge in [-0.1, -0.05) is 13.3 Å². The Kier molecular flexibility index (Phi) is 5.12. The minimum Gasteiger partial charge on any atom is -0.370 e. The summed E-state index contributed by atoms with van der Waals surface area (Å²) in [5.74, 6) is 0.845. The molecule has 1 rings (SSSR count). The molecule has 1 unspecified atom stereocenters. The van der Waals surface area contributed by atoms with Gasteiger partial charge in [0, 0.05) is 6.61 Å². The minimum absolute atomic E-state index is 0.0924. The van der Waals surface area contributed by atoms with Gasteiger partial charge < -0.3 is 4.74 Å². The molecule has 3 nitrogen and oxygen atoms in total. The maximum Gasteiger partial charge on any atom is 0.174 e. The SMILES string of the molecule is CCCC(OCC)c1nsc(I)n1. The molecular formula is C8H13IN2OS. The molecule has 1 atom stereocenters. The van der Waals surface area contributed by atoms with E-state index in [4.69, 9.17) is 4.74 Å². The summed E-state index contributed by atoms with van der Waals surface area (Å²) in [7, 11) is 0. The Labute approximate surface area is 96.2 Å².